The van der Waals surface area contributed by atoms with E-state index in [1.165, 1.54) is 18.6 Å². The molecule has 1 fully saturated rings. The van der Waals surface area contributed by atoms with E-state index in [9.17, 15) is 17.6 Å². The maximum Gasteiger partial charge on any atom is 0.240 e. The van der Waals surface area contributed by atoms with Crippen molar-refractivity contribution in [2.24, 2.45) is 11.7 Å². The minimum absolute atomic E-state index is 0.0203. The van der Waals surface area contributed by atoms with Crippen LogP contribution in [0, 0.1) is 11.7 Å². The third kappa shape index (κ3) is 6.05. The second-order valence-electron chi connectivity index (χ2n) is 6.41. The Kier molecular flexibility index (Phi) is 7.34. The minimum atomic E-state index is -3.75. The van der Waals surface area contributed by atoms with E-state index in [2.05, 4.69) is 10.0 Å². The first-order valence-electron chi connectivity index (χ1n) is 8.67. The fourth-order valence-corrected chi connectivity index (χ4v) is 4.21. The minimum Gasteiger partial charge on any atom is -0.352 e. The highest BCUT2D eigenvalue weighted by molar-refractivity contribution is 7.89. The average Bonchev–Trinajstić information content (AvgIpc) is 2.60. The van der Waals surface area contributed by atoms with Crippen molar-refractivity contribution in [1.29, 1.82) is 0 Å². The third-order valence-corrected chi connectivity index (χ3v) is 6.06. The molecule has 1 unspecified atom stereocenters. The van der Waals surface area contributed by atoms with Gasteiger partial charge in [0.25, 0.3) is 0 Å². The van der Waals surface area contributed by atoms with Gasteiger partial charge in [-0.15, -0.1) is 0 Å². The number of nitrogens with one attached hydrogen (secondary N) is 2. The second-order valence-corrected chi connectivity index (χ2v) is 8.18. The SMILES string of the molecule is NCC(NC(=O)CCNS(=O)(=O)c1ccc(F)cc1)C1CCCCC1. The summed E-state index contributed by atoms with van der Waals surface area (Å²) >= 11 is 0. The number of carbonyl (C=O) groups excluding carboxylic acids is 1. The van der Waals surface area contributed by atoms with Crippen molar-refractivity contribution < 1.29 is 17.6 Å². The van der Waals surface area contributed by atoms with Gasteiger partial charge in [-0.1, -0.05) is 19.3 Å². The number of hydrogen-bond acceptors (Lipinski definition) is 4. The molecule has 4 N–H and O–H groups in total. The Morgan fingerprint density at radius 1 is 1.20 bits per heavy atom. The molecule has 1 aliphatic carbocycles. The summed E-state index contributed by atoms with van der Waals surface area (Å²) in [5.41, 5.74) is 5.78. The largest absolute Gasteiger partial charge is 0.352 e. The van der Waals surface area contributed by atoms with Crippen molar-refractivity contribution in [2.45, 2.75) is 49.5 Å². The Morgan fingerprint density at radius 2 is 1.84 bits per heavy atom. The monoisotopic (exact) mass is 371 g/mol. The highest BCUT2D eigenvalue weighted by atomic mass is 32.2. The van der Waals surface area contributed by atoms with Crippen LogP contribution in [0.1, 0.15) is 38.5 Å². The molecule has 1 aliphatic rings. The fourth-order valence-electron chi connectivity index (χ4n) is 3.18. The van der Waals surface area contributed by atoms with Gasteiger partial charge in [0.15, 0.2) is 0 Å². The Labute approximate surface area is 148 Å². The van der Waals surface area contributed by atoms with Gasteiger partial charge in [-0.05, 0) is 43.0 Å². The quantitative estimate of drug-likeness (QED) is 0.645. The summed E-state index contributed by atoms with van der Waals surface area (Å²) in [4.78, 5) is 12.0. The summed E-state index contributed by atoms with van der Waals surface area (Å²) in [6.45, 7) is 0.366. The first-order chi connectivity index (χ1) is 11.9. The van der Waals surface area contributed by atoms with Crippen molar-refractivity contribution in [3.63, 3.8) is 0 Å². The summed E-state index contributed by atoms with van der Waals surface area (Å²) in [6.07, 6.45) is 5.72. The highest BCUT2D eigenvalue weighted by Gasteiger charge is 2.24. The average molecular weight is 371 g/mol. The molecule has 1 aromatic carbocycles. The fraction of sp³-hybridized carbons (Fsp3) is 0.588. The van der Waals surface area contributed by atoms with Crippen LogP contribution in [0.3, 0.4) is 0 Å². The van der Waals surface area contributed by atoms with E-state index in [0.29, 0.717) is 12.5 Å². The number of carbonyl (C=O) groups is 1. The predicted molar refractivity (Wildman–Crippen MR) is 93.8 cm³/mol. The van der Waals surface area contributed by atoms with Crippen molar-refractivity contribution >= 4 is 15.9 Å². The summed E-state index contributed by atoms with van der Waals surface area (Å²) < 4.78 is 39.3. The van der Waals surface area contributed by atoms with Crippen LogP contribution in [0.2, 0.25) is 0 Å². The Hall–Kier alpha value is -1.51. The second kappa shape index (κ2) is 9.26. The lowest BCUT2D eigenvalue weighted by molar-refractivity contribution is -0.122. The lowest BCUT2D eigenvalue weighted by Gasteiger charge is -2.30. The van der Waals surface area contributed by atoms with E-state index < -0.39 is 15.8 Å². The van der Waals surface area contributed by atoms with Crippen molar-refractivity contribution in [3.05, 3.63) is 30.1 Å². The summed E-state index contributed by atoms with van der Waals surface area (Å²) in [5.74, 6) is -0.324. The van der Waals surface area contributed by atoms with Crippen LogP contribution < -0.4 is 15.8 Å². The van der Waals surface area contributed by atoms with Gasteiger partial charge in [0.05, 0.1) is 4.90 Å². The zero-order valence-corrected chi connectivity index (χ0v) is 15.0. The van der Waals surface area contributed by atoms with Crippen molar-refractivity contribution in [1.82, 2.24) is 10.0 Å². The van der Waals surface area contributed by atoms with E-state index >= 15 is 0 Å². The van der Waals surface area contributed by atoms with Crippen molar-refractivity contribution in [3.8, 4) is 0 Å². The number of benzene rings is 1. The molecule has 0 radical (unpaired) electrons. The molecule has 0 spiro atoms. The van der Waals surface area contributed by atoms with Crippen LogP contribution in [-0.4, -0.2) is 33.5 Å². The molecule has 0 aromatic heterocycles. The molecule has 0 heterocycles. The Bertz CT molecular complexity index is 658. The molecule has 140 valence electrons. The predicted octanol–water partition coefficient (Wildman–Crippen LogP) is 1.52. The molecule has 1 amide bonds. The van der Waals surface area contributed by atoms with Crippen LogP contribution in [0.5, 0.6) is 0 Å². The molecule has 0 saturated heterocycles. The van der Waals surface area contributed by atoms with E-state index in [-0.39, 0.29) is 29.8 Å². The highest BCUT2D eigenvalue weighted by Crippen LogP contribution is 2.26. The van der Waals surface area contributed by atoms with Gasteiger partial charge >= 0.3 is 0 Å². The zero-order valence-electron chi connectivity index (χ0n) is 14.2. The maximum atomic E-state index is 12.9. The first kappa shape index (κ1) is 19.8. The van der Waals surface area contributed by atoms with Crippen LogP contribution in [0.4, 0.5) is 4.39 Å². The van der Waals surface area contributed by atoms with Crippen LogP contribution in [0.25, 0.3) is 0 Å². The molecule has 8 heteroatoms. The lowest BCUT2D eigenvalue weighted by atomic mass is 9.84. The van der Waals surface area contributed by atoms with Crippen LogP contribution in [-0.2, 0) is 14.8 Å². The number of rotatable bonds is 8. The maximum absolute atomic E-state index is 12.9. The molecule has 0 aliphatic heterocycles. The molecule has 0 bridgehead atoms. The molecule has 25 heavy (non-hydrogen) atoms. The topological polar surface area (TPSA) is 101 Å². The Balaban J connectivity index is 1.79. The molecule has 2 rings (SSSR count). The number of nitrogens with two attached hydrogens (primary N) is 1. The normalized spacial score (nSPS) is 17.2. The van der Waals surface area contributed by atoms with Gasteiger partial charge in [-0.3, -0.25) is 4.79 Å². The number of amides is 1. The van der Waals surface area contributed by atoms with E-state index in [1.54, 1.807) is 0 Å². The van der Waals surface area contributed by atoms with Gasteiger partial charge in [0.1, 0.15) is 5.82 Å². The number of sulfonamides is 1. The van der Waals surface area contributed by atoms with Gasteiger partial charge in [0, 0.05) is 25.6 Å². The number of hydrogen-bond donors (Lipinski definition) is 3. The molecular formula is C17H26FN3O3S. The van der Waals surface area contributed by atoms with Crippen LogP contribution in [0.15, 0.2) is 29.2 Å². The standard InChI is InChI=1S/C17H26FN3O3S/c18-14-6-8-15(9-7-14)25(23,24)20-11-10-17(22)21-16(12-19)13-4-2-1-3-5-13/h6-9,13,16,20H,1-5,10-12,19H2,(H,21,22). The van der Waals surface area contributed by atoms with E-state index in [0.717, 1.165) is 37.8 Å². The van der Waals surface area contributed by atoms with Gasteiger partial charge in [0.2, 0.25) is 15.9 Å². The zero-order chi connectivity index (χ0) is 18.3. The molecule has 1 aromatic rings. The molecular weight excluding hydrogens is 345 g/mol. The molecule has 1 atom stereocenters. The van der Waals surface area contributed by atoms with E-state index in [4.69, 9.17) is 5.73 Å². The lowest BCUT2D eigenvalue weighted by Crippen LogP contribution is -2.46. The van der Waals surface area contributed by atoms with E-state index in [1.807, 2.05) is 0 Å². The summed E-state index contributed by atoms with van der Waals surface area (Å²) in [5, 5.41) is 2.92. The summed E-state index contributed by atoms with van der Waals surface area (Å²) in [6, 6.07) is 4.48. The van der Waals surface area contributed by atoms with Gasteiger partial charge in [-0.2, -0.15) is 0 Å². The third-order valence-electron chi connectivity index (χ3n) is 4.59. The number of halogens is 1. The molecule has 1 saturated carbocycles. The summed E-state index contributed by atoms with van der Waals surface area (Å²) in [7, 11) is -3.75. The smallest absolute Gasteiger partial charge is 0.240 e. The van der Waals surface area contributed by atoms with Crippen LogP contribution >= 0.6 is 0 Å². The van der Waals surface area contributed by atoms with Gasteiger partial charge < -0.3 is 11.1 Å². The first-order valence-corrected chi connectivity index (χ1v) is 10.2. The van der Waals surface area contributed by atoms with Gasteiger partial charge in [-0.25, -0.2) is 17.5 Å². The van der Waals surface area contributed by atoms with Crippen molar-refractivity contribution in [2.75, 3.05) is 13.1 Å². The Morgan fingerprint density at radius 3 is 2.44 bits per heavy atom. The molecule has 6 nitrogen and oxygen atoms in total.